The molecule has 2 rings (SSSR count). The van der Waals surface area contributed by atoms with Crippen molar-refractivity contribution in [3.8, 4) is 0 Å². The maximum atomic E-state index is 11.8. The van der Waals surface area contributed by atoms with Gasteiger partial charge in [-0.05, 0) is 35.7 Å². The highest BCUT2D eigenvalue weighted by Crippen LogP contribution is 2.34. The predicted octanol–water partition coefficient (Wildman–Crippen LogP) is 5.65. The van der Waals surface area contributed by atoms with Gasteiger partial charge in [-0.2, -0.15) is 0 Å². The summed E-state index contributed by atoms with van der Waals surface area (Å²) in [7, 11) is 1.29. The number of benzene rings is 2. The molecule has 0 saturated heterocycles. The molecule has 0 heterocycles. The van der Waals surface area contributed by atoms with Crippen molar-refractivity contribution < 1.29 is 9.53 Å². The highest BCUT2D eigenvalue weighted by atomic mass is 35.5. The lowest BCUT2D eigenvalue weighted by atomic mass is 10.0. The topological polar surface area (TPSA) is 38.3 Å². The van der Waals surface area contributed by atoms with E-state index < -0.39 is 5.97 Å². The molecule has 22 heavy (non-hydrogen) atoms. The van der Waals surface area contributed by atoms with E-state index in [1.54, 1.807) is 12.1 Å². The first-order valence-electron chi connectivity index (χ1n) is 6.87. The summed E-state index contributed by atoms with van der Waals surface area (Å²) in [6.45, 7) is 4.26. The van der Waals surface area contributed by atoms with Crippen LogP contribution in [-0.2, 0) is 4.74 Å². The summed E-state index contributed by atoms with van der Waals surface area (Å²) in [5.74, 6) is -0.136. The smallest absolute Gasteiger partial charge is 0.340 e. The number of methoxy groups -OCH3 is 1. The minimum absolute atomic E-state index is 0.163. The number of carbonyl (C=O) groups is 1. The highest BCUT2D eigenvalue weighted by molar-refractivity contribution is 6.41. The summed E-state index contributed by atoms with van der Waals surface area (Å²) in [5, 5.41) is 3.72. The van der Waals surface area contributed by atoms with Crippen molar-refractivity contribution in [1.82, 2.24) is 0 Å². The molecule has 0 unspecified atom stereocenters. The molecule has 0 atom stereocenters. The van der Waals surface area contributed by atoms with Gasteiger partial charge in [0.25, 0.3) is 0 Å². The second kappa shape index (κ2) is 7.03. The van der Waals surface area contributed by atoms with Gasteiger partial charge in [0, 0.05) is 5.69 Å². The lowest BCUT2D eigenvalue weighted by Crippen LogP contribution is -2.05. The van der Waals surface area contributed by atoms with Gasteiger partial charge in [0.15, 0.2) is 0 Å². The number of rotatable bonds is 4. The number of hydrogen-bond donors (Lipinski definition) is 1. The van der Waals surface area contributed by atoms with Crippen LogP contribution in [-0.4, -0.2) is 13.1 Å². The van der Waals surface area contributed by atoms with Crippen LogP contribution in [0.4, 0.5) is 11.4 Å². The van der Waals surface area contributed by atoms with Crippen LogP contribution in [0.15, 0.2) is 36.4 Å². The Hall–Kier alpha value is -1.71. The Morgan fingerprint density at radius 1 is 1.18 bits per heavy atom. The molecule has 0 bridgehead atoms. The first-order chi connectivity index (χ1) is 10.4. The Kier molecular flexibility index (Phi) is 5.33. The number of carbonyl (C=O) groups excluding carboxylic acids is 1. The van der Waals surface area contributed by atoms with E-state index in [1.807, 2.05) is 18.2 Å². The summed E-state index contributed by atoms with van der Waals surface area (Å²) in [4.78, 5) is 11.8. The van der Waals surface area contributed by atoms with Gasteiger partial charge in [-0.1, -0.05) is 49.2 Å². The summed E-state index contributed by atoms with van der Waals surface area (Å²) in [5.41, 5.74) is 2.87. The molecule has 0 radical (unpaired) electrons. The van der Waals surface area contributed by atoms with Crippen molar-refractivity contribution in [2.24, 2.45) is 0 Å². The molecule has 0 spiro atoms. The zero-order valence-electron chi connectivity index (χ0n) is 12.6. The van der Waals surface area contributed by atoms with Gasteiger partial charge < -0.3 is 10.1 Å². The lowest BCUT2D eigenvalue weighted by Gasteiger charge is -2.14. The van der Waals surface area contributed by atoms with Crippen LogP contribution in [0.25, 0.3) is 0 Å². The maximum absolute atomic E-state index is 11.8. The first kappa shape index (κ1) is 16.7. The second-order valence-electron chi connectivity index (χ2n) is 5.18. The summed E-state index contributed by atoms with van der Waals surface area (Å²) >= 11 is 12.3. The molecular weight excluding hydrogens is 321 g/mol. The number of ether oxygens (including phenoxy) is 1. The van der Waals surface area contributed by atoms with E-state index in [1.165, 1.54) is 12.7 Å². The van der Waals surface area contributed by atoms with Crippen molar-refractivity contribution in [2.75, 3.05) is 12.4 Å². The summed E-state index contributed by atoms with van der Waals surface area (Å²) in [6, 6.07) is 11.4. The van der Waals surface area contributed by atoms with Crippen LogP contribution in [0.2, 0.25) is 10.0 Å². The summed E-state index contributed by atoms with van der Waals surface area (Å²) < 4.78 is 4.72. The number of esters is 1. The average Bonchev–Trinajstić information content (AvgIpc) is 2.50. The molecule has 2 aromatic carbocycles. The molecule has 0 amide bonds. The van der Waals surface area contributed by atoms with Crippen molar-refractivity contribution in [3.05, 3.63) is 57.6 Å². The van der Waals surface area contributed by atoms with Gasteiger partial charge in [-0.15, -0.1) is 0 Å². The van der Waals surface area contributed by atoms with Crippen LogP contribution in [0.1, 0.15) is 35.7 Å². The van der Waals surface area contributed by atoms with Gasteiger partial charge in [-0.25, -0.2) is 4.79 Å². The maximum Gasteiger partial charge on any atom is 0.340 e. The van der Waals surface area contributed by atoms with E-state index in [4.69, 9.17) is 27.9 Å². The normalized spacial score (nSPS) is 10.6. The third-order valence-corrected chi connectivity index (χ3v) is 4.02. The van der Waals surface area contributed by atoms with Crippen LogP contribution in [0, 0.1) is 0 Å². The molecule has 0 aliphatic rings. The van der Waals surface area contributed by atoms with Gasteiger partial charge >= 0.3 is 5.97 Å². The fourth-order valence-electron chi connectivity index (χ4n) is 2.07. The number of hydrogen-bond acceptors (Lipinski definition) is 3. The standard InChI is InChI=1S/C17H17Cl2NO2/c1-10(2)11-5-4-6-12(9-11)20-14-8-7-13(18)15(16(14)19)17(21)22-3/h4-10,20H,1-3H3. The molecule has 3 nitrogen and oxygen atoms in total. The number of anilines is 2. The SMILES string of the molecule is COC(=O)c1c(Cl)ccc(Nc2cccc(C(C)C)c2)c1Cl. The lowest BCUT2D eigenvalue weighted by molar-refractivity contribution is 0.0601. The zero-order valence-corrected chi connectivity index (χ0v) is 14.1. The van der Waals surface area contributed by atoms with E-state index in [0.29, 0.717) is 11.6 Å². The van der Waals surface area contributed by atoms with Gasteiger partial charge in [0.05, 0.1) is 28.4 Å². The first-order valence-corrected chi connectivity index (χ1v) is 7.63. The minimum atomic E-state index is -0.561. The van der Waals surface area contributed by atoms with Crippen LogP contribution in [0.3, 0.4) is 0 Å². The fourth-order valence-corrected chi connectivity index (χ4v) is 2.64. The molecule has 2 aromatic rings. The van der Waals surface area contributed by atoms with Crippen molar-refractivity contribution in [3.63, 3.8) is 0 Å². The molecule has 0 aliphatic heterocycles. The van der Waals surface area contributed by atoms with Crippen LogP contribution < -0.4 is 5.32 Å². The molecule has 0 aromatic heterocycles. The zero-order chi connectivity index (χ0) is 16.3. The number of halogens is 2. The van der Waals surface area contributed by atoms with E-state index in [9.17, 15) is 4.79 Å². The van der Waals surface area contributed by atoms with Gasteiger partial charge in [0.2, 0.25) is 0 Å². The number of nitrogens with one attached hydrogen (secondary N) is 1. The second-order valence-corrected chi connectivity index (χ2v) is 5.97. The average molecular weight is 338 g/mol. The van der Waals surface area contributed by atoms with E-state index in [2.05, 4.69) is 25.2 Å². The van der Waals surface area contributed by atoms with Crippen molar-refractivity contribution >= 4 is 40.5 Å². The van der Waals surface area contributed by atoms with Gasteiger partial charge in [-0.3, -0.25) is 0 Å². The monoisotopic (exact) mass is 337 g/mol. The molecule has 5 heteroatoms. The fraction of sp³-hybridized carbons (Fsp3) is 0.235. The highest BCUT2D eigenvalue weighted by Gasteiger charge is 2.18. The molecule has 0 saturated carbocycles. The molecular formula is C17H17Cl2NO2. The third-order valence-electron chi connectivity index (χ3n) is 3.31. The van der Waals surface area contributed by atoms with Crippen molar-refractivity contribution in [2.45, 2.75) is 19.8 Å². The van der Waals surface area contributed by atoms with E-state index >= 15 is 0 Å². The third kappa shape index (κ3) is 3.54. The largest absolute Gasteiger partial charge is 0.465 e. The predicted molar refractivity (Wildman–Crippen MR) is 91.6 cm³/mol. The quantitative estimate of drug-likeness (QED) is 0.733. The summed E-state index contributed by atoms with van der Waals surface area (Å²) in [6.07, 6.45) is 0. The Bertz CT molecular complexity index is 699. The van der Waals surface area contributed by atoms with Crippen LogP contribution in [0.5, 0.6) is 0 Å². The Morgan fingerprint density at radius 2 is 1.91 bits per heavy atom. The Morgan fingerprint density at radius 3 is 2.55 bits per heavy atom. The van der Waals surface area contributed by atoms with E-state index in [-0.39, 0.29) is 15.6 Å². The Labute approximate surface area is 140 Å². The van der Waals surface area contributed by atoms with E-state index in [0.717, 1.165) is 5.69 Å². The van der Waals surface area contributed by atoms with Crippen LogP contribution >= 0.6 is 23.2 Å². The van der Waals surface area contributed by atoms with Gasteiger partial charge in [0.1, 0.15) is 0 Å². The van der Waals surface area contributed by atoms with Crippen molar-refractivity contribution in [1.29, 1.82) is 0 Å². The molecule has 1 N–H and O–H groups in total. The Balaban J connectivity index is 2.38. The molecule has 0 fully saturated rings. The molecule has 116 valence electrons. The molecule has 0 aliphatic carbocycles. The minimum Gasteiger partial charge on any atom is -0.465 e.